The van der Waals surface area contributed by atoms with E-state index in [0.29, 0.717) is 5.75 Å². The Bertz CT molecular complexity index is 388. The lowest BCUT2D eigenvalue weighted by Gasteiger charge is -2.13. The number of rotatable bonds is 3. The van der Waals surface area contributed by atoms with Gasteiger partial charge in [0.05, 0.1) is 10.8 Å². The number of carboxylic acids is 1. The van der Waals surface area contributed by atoms with Crippen molar-refractivity contribution in [3.8, 4) is 5.75 Å². The lowest BCUT2D eigenvalue weighted by molar-refractivity contribution is 0.0693. The van der Waals surface area contributed by atoms with E-state index in [1.54, 1.807) is 12.1 Å². The van der Waals surface area contributed by atoms with Gasteiger partial charge in [0.25, 0.3) is 0 Å². The van der Waals surface area contributed by atoms with E-state index >= 15 is 0 Å². The molecule has 0 fully saturated rings. The highest BCUT2D eigenvalue weighted by molar-refractivity contribution is 9.24. The average molecular weight is 338 g/mol. The van der Waals surface area contributed by atoms with Crippen molar-refractivity contribution < 1.29 is 14.6 Å². The summed E-state index contributed by atoms with van der Waals surface area (Å²) in [5.41, 5.74) is 1.95. The van der Waals surface area contributed by atoms with Gasteiger partial charge in [0.1, 0.15) is 11.3 Å². The minimum atomic E-state index is -0.984. The second kappa shape index (κ2) is 4.99. The molecule has 0 aliphatic heterocycles. The molecule has 0 bridgehead atoms. The Labute approximate surface area is 105 Å². The molecule has 0 atom stereocenters. The van der Waals surface area contributed by atoms with Crippen molar-refractivity contribution in [1.29, 1.82) is 0 Å². The van der Waals surface area contributed by atoms with Crippen LogP contribution in [-0.4, -0.2) is 18.2 Å². The molecule has 0 unspecified atom stereocenters. The summed E-state index contributed by atoms with van der Waals surface area (Å²) in [5, 5.41) is 8.95. The Kier molecular flexibility index (Phi) is 4.16. The maximum absolute atomic E-state index is 10.9. The number of aromatic carboxylic acids is 1. The molecule has 1 aromatic rings. The molecule has 0 aliphatic rings. The third kappa shape index (κ3) is 2.52. The molecule has 0 aromatic heterocycles. The summed E-state index contributed by atoms with van der Waals surface area (Å²) in [5.74, 6) is -0.578. The van der Waals surface area contributed by atoms with Gasteiger partial charge in [0, 0.05) is 0 Å². The van der Waals surface area contributed by atoms with Gasteiger partial charge in [0.2, 0.25) is 0 Å². The SMILES string of the molecule is COc1c(C(=O)O)ccc(C(Br)Br)c1C. The highest BCUT2D eigenvalue weighted by Gasteiger charge is 2.17. The molecule has 0 radical (unpaired) electrons. The molecule has 15 heavy (non-hydrogen) atoms. The predicted molar refractivity (Wildman–Crippen MR) is 65.3 cm³/mol. The number of halogens is 2. The van der Waals surface area contributed by atoms with Crippen LogP contribution >= 0.6 is 31.9 Å². The van der Waals surface area contributed by atoms with Crippen LogP contribution in [0.1, 0.15) is 25.2 Å². The Morgan fingerprint density at radius 3 is 2.47 bits per heavy atom. The number of alkyl halides is 2. The number of ether oxygens (including phenoxy) is 1. The number of methoxy groups -OCH3 is 1. The number of carbonyl (C=O) groups is 1. The number of hydrogen-bond acceptors (Lipinski definition) is 2. The topological polar surface area (TPSA) is 46.5 Å². The average Bonchev–Trinajstić information content (AvgIpc) is 2.16. The summed E-state index contributed by atoms with van der Waals surface area (Å²) < 4.78 is 5.09. The molecule has 3 nitrogen and oxygen atoms in total. The normalized spacial score (nSPS) is 10.5. The molecular weight excluding hydrogens is 328 g/mol. The molecule has 0 spiro atoms. The van der Waals surface area contributed by atoms with Gasteiger partial charge in [-0.05, 0) is 24.1 Å². The van der Waals surface area contributed by atoms with Crippen molar-refractivity contribution in [1.82, 2.24) is 0 Å². The summed E-state index contributed by atoms with van der Waals surface area (Å²) in [6.45, 7) is 1.83. The molecule has 0 heterocycles. The molecule has 1 aromatic carbocycles. The van der Waals surface area contributed by atoms with Gasteiger partial charge < -0.3 is 9.84 Å². The first-order chi connectivity index (χ1) is 6.99. The van der Waals surface area contributed by atoms with E-state index in [4.69, 9.17) is 9.84 Å². The van der Waals surface area contributed by atoms with Crippen LogP contribution in [0.2, 0.25) is 0 Å². The molecule has 0 amide bonds. The van der Waals surface area contributed by atoms with E-state index in [2.05, 4.69) is 31.9 Å². The van der Waals surface area contributed by atoms with Crippen LogP contribution in [0.25, 0.3) is 0 Å². The van der Waals surface area contributed by atoms with Gasteiger partial charge in [-0.1, -0.05) is 37.9 Å². The predicted octanol–water partition coefficient (Wildman–Crippen LogP) is 3.49. The van der Waals surface area contributed by atoms with Gasteiger partial charge in [0.15, 0.2) is 0 Å². The molecule has 0 aliphatic carbocycles. The summed E-state index contributed by atoms with van der Waals surface area (Å²) in [7, 11) is 1.47. The van der Waals surface area contributed by atoms with Crippen molar-refractivity contribution in [2.75, 3.05) is 7.11 Å². The molecule has 1 rings (SSSR count). The first kappa shape index (κ1) is 12.5. The van der Waals surface area contributed by atoms with E-state index < -0.39 is 5.97 Å². The van der Waals surface area contributed by atoms with E-state index in [1.807, 2.05) is 6.92 Å². The van der Waals surface area contributed by atoms with Crippen molar-refractivity contribution >= 4 is 37.8 Å². The van der Waals surface area contributed by atoms with Crippen LogP contribution in [0.3, 0.4) is 0 Å². The first-order valence-corrected chi connectivity index (χ1v) is 6.01. The van der Waals surface area contributed by atoms with Gasteiger partial charge in [-0.15, -0.1) is 0 Å². The summed E-state index contributed by atoms with van der Waals surface area (Å²) in [6.07, 6.45) is 0. The largest absolute Gasteiger partial charge is 0.496 e. The van der Waals surface area contributed by atoms with Gasteiger partial charge >= 0.3 is 5.97 Å². The zero-order valence-corrected chi connectivity index (χ0v) is 11.4. The zero-order chi connectivity index (χ0) is 11.6. The summed E-state index contributed by atoms with van der Waals surface area (Å²) >= 11 is 6.74. The fourth-order valence-corrected chi connectivity index (χ4v) is 2.37. The maximum Gasteiger partial charge on any atom is 0.339 e. The highest BCUT2D eigenvalue weighted by atomic mass is 79.9. The van der Waals surface area contributed by atoms with Crippen molar-refractivity contribution in [3.63, 3.8) is 0 Å². The lowest BCUT2D eigenvalue weighted by Crippen LogP contribution is -2.04. The minimum absolute atomic E-state index is 0.0123. The molecule has 5 heteroatoms. The third-order valence-electron chi connectivity index (χ3n) is 2.12. The molecule has 0 saturated carbocycles. The maximum atomic E-state index is 10.9. The molecule has 1 N–H and O–H groups in total. The Hall–Kier alpha value is -0.550. The second-order valence-electron chi connectivity index (χ2n) is 2.97. The summed E-state index contributed by atoms with van der Waals surface area (Å²) in [6, 6.07) is 3.30. The fourth-order valence-electron chi connectivity index (χ4n) is 1.37. The van der Waals surface area contributed by atoms with Crippen LogP contribution in [0.4, 0.5) is 0 Å². The van der Waals surface area contributed by atoms with Gasteiger partial charge in [-0.3, -0.25) is 0 Å². The van der Waals surface area contributed by atoms with Crippen molar-refractivity contribution in [3.05, 3.63) is 28.8 Å². The Balaban J connectivity index is 3.39. The zero-order valence-electron chi connectivity index (χ0n) is 8.25. The smallest absolute Gasteiger partial charge is 0.339 e. The monoisotopic (exact) mass is 336 g/mol. The Morgan fingerprint density at radius 1 is 1.47 bits per heavy atom. The minimum Gasteiger partial charge on any atom is -0.496 e. The van der Waals surface area contributed by atoms with Crippen LogP contribution in [0.15, 0.2) is 12.1 Å². The van der Waals surface area contributed by atoms with E-state index in [-0.39, 0.29) is 9.30 Å². The van der Waals surface area contributed by atoms with Crippen molar-refractivity contribution in [2.24, 2.45) is 0 Å². The molecule has 82 valence electrons. The van der Waals surface area contributed by atoms with Crippen LogP contribution in [-0.2, 0) is 0 Å². The van der Waals surface area contributed by atoms with E-state index in [1.165, 1.54) is 7.11 Å². The second-order valence-corrected chi connectivity index (χ2v) is 6.03. The van der Waals surface area contributed by atoms with E-state index in [0.717, 1.165) is 11.1 Å². The number of benzene rings is 1. The molecular formula is C10H10Br2O3. The lowest BCUT2D eigenvalue weighted by atomic mass is 10.0. The van der Waals surface area contributed by atoms with Crippen LogP contribution in [0, 0.1) is 6.92 Å². The van der Waals surface area contributed by atoms with Gasteiger partial charge in [-0.25, -0.2) is 4.79 Å². The number of hydrogen-bond donors (Lipinski definition) is 1. The third-order valence-corrected chi connectivity index (χ3v) is 3.10. The van der Waals surface area contributed by atoms with E-state index in [9.17, 15) is 4.79 Å². The Morgan fingerprint density at radius 2 is 2.07 bits per heavy atom. The highest BCUT2D eigenvalue weighted by Crippen LogP contribution is 2.36. The van der Waals surface area contributed by atoms with Crippen molar-refractivity contribution in [2.45, 2.75) is 10.7 Å². The first-order valence-electron chi connectivity index (χ1n) is 4.18. The van der Waals surface area contributed by atoms with Gasteiger partial charge in [-0.2, -0.15) is 0 Å². The quantitative estimate of drug-likeness (QED) is 0.859. The molecule has 0 saturated heterocycles. The number of carboxylic acid groups (broad SMARTS) is 1. The van der Waals surface area contributed by atoms with Crippen LogP contribution in [0.5, 0.6) is 5.75 Å². The standard InChI is InChI=1S/C10H10Br2O3/c1-5-6(9(11)12)3-4-7(10(13)14)8(5)15-2/h3-4,9H,1-2H3,(H,13,14). The fraction of sp³-hybridized carbons (Fsp3) is 0.300. The summed E-state index contributed by atoms with van der Waals surface area (Å²) in [4.78, 5) is 10.9. The van der Waals surface area contributed by atoms with Crippen LogP contribution < -0.4 is 4.74 Å².